The van der Waals surface area contributed by atoms with Crippen LogP contribution in [0, 0.1) is 5.92 Å². The number of hydrogen-bond donors (Lipinski definition) is 1. The second kappa shape index (κ2) is 9.78. The molecule has 2 aliphatic rings. The second-order valence-electron chi connectivity index (χ2n) is 7.54. The van der Waals surface area contributed by atoms with Gasteiger partial charge in [-0.2, -0.15) is 0 Å². The SMILES string of the molecule is COC(=O)C1=C(C)C=C(N2CCOCC2)[C@@H](C(=O)OC)[C@H]1c1ccc(NC(C)=O)cc1. The minimum absolute atomic E-state index is 0.179. The summed E-state index contributed by atoms with van der Waals surface area (Å²) in [4.78, 5) is 39.3. The number of carbonyl (C=O) groups excluding carboxylic acids is 3. The Morgan fingerprint density at radius 1 is 1.06 bits per heavy atom. The summed E-state index contributed by atoms with van der Waals surface area (Å²) in [6.45, 7) is 5.70. The quantitative estimate of drug-likeness (QED) is 0.719. The van der Waals surface area contributed by atoms with Gasteiger partial charge >= 0.3 is 11.9 Å². The highest BCUT2D eigenvalue weighted by Crippen LogP contribution is 2.44. The predicted molar refractivity (Wildman–Crippen MR) is 114 cm³/mol. The summed E-state index contributed by atoms with van der Waals surface area (Å²) in [5, 5.41) is 2.73. The lowest BCUT2D eigenvalue weighted by molar-refractivity contribution is -0.145. The molecular formula is C23H28N2O6. The summed E-state index contributed by atoms with van der Waals surface area (Å²) >= 11 is 0. The molecule has 1 fully saturated rings. The zero-order valence-corrected chi connectivity index (χ0v) is 18.3. The van der Waals surface area contributed by atoms with Crippen molar-refractivity contribution in [2.24, 2.45) is 5.92 Å². The van der Waals surface area contributed by atoms with Gasteiger partial charge in [0.1, 0.15) is 5.92 Å². The van der Waals surface area contributed by atoms with Gasteiger partial charge in [0.25, 0.3) is 0 Å². The fourth-order valence-electron chi connectivity index (χ4n) is 4.20. The topological polar surface area (TPSA) is 94.2 Å². The van der Waals surface area contributed by atoms with Crippen LogP contribution in [0.5, 0.6) is 0 Å². The van der Waals surface area contributed by atoms with Crippen molar-refractivity contribution in [2.45, 2.75) is 19.8 Å². The highest BCUT2D eigenvalue weighted by atomic mass is 16.5. The Hall–Kier alpha value is -3.13. The molecule has 0 aromatic heterocycles. The highest BCUT2D eigenvalue weighted by Gasteiger charge is 2.44. The Morgan fingerprint density at radius 3 is 2.26 bits per heavy atom. The third-order valence-corrected chi connectivity index (χ3v) is 5.58. The average Bonchev–Trinajstić information content (AvgIpc) is 2.78. The van der Waals surface area contributed by atoms with E-state index in [1.165, 1.54) is 21.1 Å². The number of amides is 1. The van der Waals surface area contributed by atoms with E-state index in [2.05, 4.69) is 10.2 Å². The van der Waals surface area contributed by atoms with Crippen molar-refractivity contribution < 1.29 is 28.6 Å². The summed E-state index contributed by atoms with van der Waals surface area (Å²) in [6.07, 6.45) is 1.88. The minimum atomic E-state index is -0.715. The van der Waals surface area contributed by atoms with Crippen LogP contribution in [-0.2, 0) is 28.6 Å². The molecule has 8 nitrogen and oxygen atoms in total. The lowest BCUT2D eigenvalue weighted by Gasteiger charge is -2.40. The van der Waals surface area contributed by atoms with Gasteiger partial charge < -0.3 is 24.4 Å². The molecule has 0 spiro atoms. The Labute approximate surface area is 181 Å². The first-order valence-electron chi connectivity index (χ1n) is 10.2. The first-order chi connectivity index (χ1) is 14.9. The summed E-state index contributed by atoms with van der Waals surface area (Å²) in [5.74, 6) is -2.40. The molecule has 166 valence electrons. The number of nitrogens with zero attached hydrogens (tertiary/aromatic N) is 1. The number of nitrogens with one attached hydrogen (secondary N) is 1. The molecule has 1 aromatic rings. The second-order valence-corrected chi connectivity index (χ2v) is 7.54. The maximum atomic E-state index is 13.0. The lowest BCUT2D eigenvalue weighted by Crippen LogP contribution is -2.43. The van der Waals surface area contributed by atoms with Crippen LogP contribution in [0.2, 0.25) is 0 Å². The highest BCUT2D eigenvalue weighted by molar-refractivity contribution is 5.95. The van der Waals surface area contributed by atoms with E-state index in [0.29, 0.717) is 37.6 Å². The van der Waals surface area contributed by atoms with Crippen LogP contribution < -0.4 is 5.32 Å². The maximum Gasteiger partial charge on any atom is 0.334 e. The smallest absolute Gasteiger partial charge is 0.334 e. The molecule has 2 atom stereocenters. The zero-order valence-electron chi connectivity index (χ0n) is 18.3. The Bertz CT molecular complexity index is 912. The molecule has 1 aromatic carbocycles. The van der Waals surface area contributed by atoms with E-state index in [1.807, 2.05) is 25.1 Å². The van der Waals surface area contributed by atoms with E-state index < -0.39 is 23.8 Å². The van der Waals surface area contributed by atoms with E-state index in [0.717, 1.165) is 16.8 Å². The van der Waals surface area contributed by atoms with Crippen LogP contribution in [0.25, 0.3) is 0 Å². The molecule has 1 aliphatic carbocycles. The number of rotatable bonds is 5. The van der Waals surface area contributed by atoms with Gasteiger partial charge in [-0.25, -0.2) is 4.79 Å². The maximum absolute atomic E-state index is 13.0. The molecule has 31 heavy (non-hydrogen) atoms. The lowest BCUT2D eigenvalue weighted by atomic mass is 9.73. The third-order valence-electron chi connectivity index (χ3n) is 5.58. The number of methoxy groups -OCH3 is 2. The van der Waals surface area contributed by atoms with Crippen LogP contribution in [-0.4, -0.2) is 63.3 Å². The van der Waals surface area contributed by atoms with Crippen LogP contribution in [0.4, 0.5) is 5.69 Å². The van der Waals surface area contributed by atoms with Gasteiger partial charge in [0, 0.05) is 42.9 Å². The van der Waals surface area contributed by atoms with Gasteiger partial charge in [-0.05, 0) is 36.3 Å². The normalized spacial score (nSPS) is 21.3. The van der Waals surface area contributed by atoms with Crippen molar-refractivity contribution in [3.63, 3.8) is 0 Å². The van der Waals surface area contributed by atoms with E-state index in [1.54, 1.807) is 12.1 Å². The van der Waals surface area contributed by atoms with Crippen LogP contribution in [0.15, 0.2) is 47.2 Å². The monoisotopic (exact) mass is 428 g/mol. The van der Waals surface area contributed by atoms with Crippen molar-refractivity contribution in [1.29, 1.82) is 0 Å². The molecule has 1 aliphatic heterocycles. The number of allylic oxidation sites excluding steroid dienone is 2. The molecule has 0 saturated carbocycles. The molecule has 0 bridgehead atoms. The molecular weight excluding hydrogens is 400 g/mol. The van der Waals surface area contributed by atoms with Gasteiger partial charge in [0.2, 0.25) is 5.91 Å². The fraction of sp³-hybridized carbons (Fsp3) is 0.435. The summed E-state index contributed by atoms with van der Waals surface area (Å²) < 4.78 is 15.7. The number of benzene rings is 1. The molecule has 0 radical (unpaired) electrons. The Kier molecular flexibility index (Phi) is 7.12. The minimum Gasteiger partial charge on any atom is -0.468 e. The number of anilines is 1. The average molecular weight is 428 g/mol. The Balaban J connectivity index is 2.12. The van der Waals surface area contributed by atoms with Gasteiger partial charge in [-0.1, -0.05) is 12.1 Å². The number of esters is 2. The van der Waals surface area contributed by atoms with Crippen LogP contribution in [0.1, 0.15) is 25.3 Å². The molecule has 1 N–H and O–H groups in total. The summed E-state index contributed by atoms with van der Waals surface area (Å²) in [6, 6.07) is 7.12. The first kappa shape index (κ1) is 22.6. The fourth-order valence-corrected chi connectivity index (χ4v) is 4.20. The van der Waals surface area contributed by atoms with Crippen molar-refractivity contribution in [3.8, 4) is 0 Å². The van der Waals surface area contributed by atoms with E-state index >= 15 is 0 Å². The summed E-state index contributed by atoms with van der Waals surface area (Å²) in [5.41, 5.74) is 3.34. The predicted octanol–water partition coefficient (Wildman–Crippen LogP) is 2.24. The Morgan fingerprint density at radius 2 is 1.71 bits per heavy atom. The van der Waals surface area contributed by atoms with Gasteiger partial charge in [0.05, 0.1) is 27.4 Å². The van der Waals surface area contributed by atoms with Crippen molar-refractivity contribution in [3.05, 3.63) is 52.7 Å². The number of carbonyl (C=O) groups is 3. The zero-order chi connectivity index (χ0) is 22.5. The molecule has 3 rings (SSSR count). The summed E-state index contributed by atoms with van der Waals surface area (Å²) in [7, 11) is 2.67. The van der Waals surface area contributed by atoms with Crippen molar-refractivity contribution >= 4 is 23.5 Å². The third kappa shape index (κ3) is 4.80. The van der Waals surface area contributed by atoms with Gasteiger partial charge in [0.15, 0.2) is 0 Å². The van der Waals surface area contributed by atoms with E-state index in [-0.39, 0.29) is 5.91 Å². The molecule has 1 amide bonds. The van der Waals surface area contributed by atoms with Crippen molar-refractivity contribution in [2.75, 3.05) is 45.8 Å². The molecule has 8 heteroatoms. The standard InChI is InChI=1S/C23H28N2O6/c1-14-13-18(25-9-11-31-12-10-25)21(23(28)30-4)20(19(14)22(27)29-3)16-5-7-17(8-6-16)24-15(2)26/h5-8,13,20-21H,9-12H2,1-4H3,(H,24,26)/t20-,21+/m0/s1. The molecule has 1 heterocycles. The largest absolute Gasteiger partial charge is 0.468 e. The van der Waals surface area contributed by atoms with Crippen LogP contribution >= 0.6 is 0 Å². The molecule has 0 unspecified atom stereocenters. The molecule has 1 saturated heterocycles. The van der Waals surface area contributed by atoms with Gasteiger partial charge in [-0.3, -0.25) is 9.59 Å². The van der Waals surface area contributed by atoms with E-state index in [4.69, 9.17) is 14.2 Å². The number of hydrogen-bond acceptors (Lipinski definition) is 7. The van der Waals surface area contributed by atoms with Crippen LogP contribution in [0.3, 0.4) is 0 Å². The van der Waals surface area contributed by atoms with Crippen molar-refractivity contribution in [1.82, 2.24) is 4.90 Å². The van der Waals surface area contributed by atoms with Gasteiger partial charge in [-0.15, -0.1) is 0 Å². The number of morpholine rings is 1. The number of ether oxygens (including phenoxy) is 3. The van der Waals surface area contributed by atoms with E-state index in [9.17, 15) is 14.4 Å². The first-order valence-corrected chi connectivity index (χ1v) is 10.2.